The maximum absolute atomic E-state index is 11.7. The van der Waals surface area contributed by atoms with Crippen LogP contribution in [0.3, 0.4) is 0 Å². The molecule has 0 fully saturated rings. The Balaban J connectivity index is 1.98. The molecule has 0 bridgehead atoms. The van der Waals surface area contributed by atoms with Gasteiger partial charge in [0.1, 0.15) is 10.8 Å². The quantitative estimate of drug-likeness (QED) is 0.854. The van der Waals surface area contributed by atoms with Crippen molar-refractivity contribution in [3.8, 4) is 0 Å². The molecule has 0 aliphatic carbocycles. The predicted molar refractivity (Wildman–Crippen MR) is 64.7 cm³/mol. The molecule has 1 N–H and O–H groups in total. The summed E-state index contributed by atoms with van der Waals surface area (Å²) in [5.74, 6) is -0.212. The molecule has 82 valence electrons. The number of carbonyl (C=O) groups is 1. The average Bonchev–Trinajstić information content (AvgIpc) is 2.78. The van der Waals surface area contributed by atoms with E-state index in [-0.39, 0.29) is 5.91 Å². The molecule has 0 radical (unpaired) electrons. The van der Waals surface area contributed by atoms with Crippen LogP contribution in [0.25, 0.3) is 0 Å². The zero-order valence-electron chi connectivity index (χ0n) is 8.31. The largest absolute Gasteiger partial charge is 0.346 e. The lowest BCUT2D eigenvalue weighted by atomic mass is 10.3. The summed E-state index contributed by atoms with van der Waals surface area (Å²) in [6.45, 7) is 0.519. The van der Waals surface area contributed by atoms with E-state index in [9.17, 15) is 4.79 Å². The van der Waals surface area contributed by atoms with Gasteiger partial charge in [-0.2, -0.15) is 0 Å². The van der Waals surface area contributed by atoms with Crippen LogP contribution in [0, 0.1) is 0 Å². The Kier molecular flexibility index (Phi) is 3.54. The molecule has 2 rings (SSSR count). The topological polar surface area (TPSA) is 42.0 Å². The molecule has 0 aliphatic rings. The van der Waals surface area contributed by atoms with Crippen molar-refractivity contribution in [2.75, 3.05) is 0 Å². The highest BCUT2D eigenvalue weighted by Gasteiger charge is 2.06. The van der Waals surface area contributed by atoms with Gasteiger partial charge >= 0.3 is 0 Å². The van der Waals surface area contributed by atoms with Crippen molar-refractivity contribution >= 4 is 28.8 Å². The maximum atomic E-state index is 11.7. The summed E-state index contributed by atoms with van der Waals surface area (Å²) in [5, 5.41) is 5.07. The van der Waals surface area contributed by atoms with Crippen LogP contribution in [0.2, 0.25) is 5.15 Å². The Morgan fingerprint density at radius 2 is 2.25 bits per heavy atom. The minimum atomic E-state index is -0.212. The van der Waals surface area contributed by atoms with Crippen LogP contribution in [0.1, 0.15) is 15.4 Å². The number of rotatable bonds is 3. The van der Waals surface area contributed by atoms with Gasteiger partial charge in [-0.1, -0.05) is 23.7 Å². The molecule has 0 unspecified atom stereocenters. The fraction of sp³-hybridized carbons (Fsp3) is 0.0909. The van der Waals surface area contributed by atoms with Crippen molar-refractivity contribution in [2.24, 2.45) is 0 Å². The second-order valence-corrected chi connectivity index (χ2v) is 4.53. The molecule has 2 aromatic heterocycles. The van der Waals surface area contributed by atoms with Crippen molar-refractivity contribution in [1.82, 2.24) is 10.3 Å². The van der Waals surface area contributed by atoms with Crippen molar-refractivity contribution in [3.63, 3.8) is 0 Å². The lowest BCUT2D eigenvalue weighted by Crippen LogP contribution is -2.23. The van der Waals surface area contributed by atoms with E-state index >= 15 is 0 Å². The van der Waals surface area contributed by atoms with E-state index in [4.69, 9.17) is 11.6 Å². The first-order valence-corrected chi connectivity index (χ1v) is 5.94. The number of hydrogen-bond acceptors (Lipinski definition) is 3. The van der Waals surface area contributed by atoms with Gasteiger partial charge < -0.3 is 5.32 Å². The second kappa shape index (κ2) is 5.09. The van der Waals surface area contributed by atoms with Gasteiger partial charge in [-0.3, -0.25) is 4.79 Å². The fourth-order valence-electron chi connectivity index (χ4n) is 1.21. The summed E-state index contributed by atoms with van der Waals surface area (Å²) in [6.07, 6.45) is 0. The Morgan fingerprint density at radius 3 is 2.94 bits per heavy atom. The van der Waals surface area contributed by atoms with E-state index < -0.39 is 0 Å². The predicted octanol–water partition coefficient (Wildman–Crippen LogP) is 2.73. The number of nitrogens with zero attached hydrogens (tertiary/aromatic N) is 1. The van der Waals surface area contributed by atoms with E-state index in [0.29, 0.717) is 17.4 Å². The molecule has 0 spiro atoms. The highest BCUT2D eigenvalue weighted by atomic mass is 35.5. The average molecular weight is 253 g/mol. The van der Waals surface area contributed by atoms with Gasteiger partial charge in [-0.15, -0.1) is 11.3 Å². The van der Waals surface area contributed by atoms with E-state index in [0.717, 1.165) is 4.88 Å². The van der Waals surface area contributed by atoms with Crippen LogP contribution in [0.5, 0.6) is 0 Å². The molecule has 2 aromatic rings. The molecule has 0 aliphatic heterocycles. The molecule has 0 saturated carbocycles. The van der Waals surface area contributed by atoms with Crippen LogP contribution in [-0.2, 0) is 6.54 Å². The highest BCUT2D eigenvalue weighted by Crippen LogP contribution is 2.08. The van der Waals surface area contributed by atoms with E-state index in [1.54, 1.807) is 29.5 Å². The summed E-state index contributed by atoms with van der Waals surface area (Å²) < 4.78 is 0. The summed E-state index contributed by atoms with van der Waals surface area (Å²) in [4.78, 5) is 16.7. The Labute approximate surface area is 102 Å². The molecule has 0 saturated heterocycles. The number of thiophene rings is 1. The Hall–Kier alpha value is -1.39. The standard InChI is InChI=1S/C11H9ClN2OS/c12-10-5-1-4-9(14-10)11(15)13-7-8-3-2-6-16-8/h1-6H,7H2,(H,13,15). The van der Waals surface area contributed by atoms with E-state index in [1.165, 1.54) is 0 Å². The van der Waals surface area contributed by atoms with Crippen LogP contribution in [0.4, 0.5) is 0 Å². The third-order valence-corrected chi connectivity index (χ3v) is 3.04. The Morgan fingerprint density at radius 1 is 1.38 bits per heavy atom. The molecule has 16 heavy (non-hydrogen) atoms. The minimum Gasteiger partial charge on any atom is -0.346 e. The monoisotopic (exact) mass is 252 g/mol. The molecular weight excluding hydrogens is 244 g/mol. The van der Waals surface area contributed by atoms with Crippen LogP contribution >= 0.6 is 22.9 Å². The van der Waals surface area contributed by atoms with Crippen molar-refractivity contribution < 1.29 is 4.79 Å². The zero-order chi connectivity index (χ0) is 11.4. The highest BCUT2D eigenvalue weighted by molar-refractivity contribution is 7.09. The number of hydrogen-bond donors (Lipinski definition) is 1. The Bertz CT molecular complexity index is 484. The van der Waals surface area contributed by atoms with Gasteiger partial charge in [0.05, 0.1) is 6.54 Å². The van der Waals surface area contributed by atoms with Gasteiger partial charge in [-0.05, 0) is 23.6 Å². The van der Waals surface area contributed by atoms with Crippen LogP contribution < -0.4 is 5.32 Å². The number of halogens is 1. The second-order valence-electron chi connectivity index (χ2n) is 3.11. The maximum Gasteiger partial charge on any atom is 0.270 e. The van der Waals surface area contributed by atoms with Crippen molar-refractivity contribution in [2.45, 2.75) is 6.54 Å². The molecule has 0 aromatic carbocycles. The molecule has 5 heteroatoms. The first-order valence-electron chi connectivity index (χ1n) is 4.69. The van der Waals surface area contributed by atoms with Crippen molar-refractivity contribution in [3.05, 3.63) is 51.4 Å². The smallest absolute Gasteiger partial charge is 0.270 e. The zero-order valence-corrected chi connectivity index (χ0v) is 9.89. The summed E-state index contributed by atoms with van der Waals surface area (Å²) >= 11 is 7.30. The van der Waals surface area contributed by atoms with Crippen LogP contribution in [-0.4, -0.2) is 10.9 Å². The molecule has 0 atom stereocenters. The minimum absolute atomic E-state index is 0.212. The number of carbonyl (C=O) groups excluding carboxylic acids is 1. The number of aromatic nitrogens is 1. The normalized spacial score (nSPS) is 10.1. The van der Waals surface area contributed by atoms with Crippen LogP contribution in [0.15, 0.2) is 35.7 Å². The molecular formula is C11H9ClN2OS. The fourth-order valence-corrected chi connectivity index (χ4v) is 2.01. The van der Waals surface area contributed by atoms with E-state index in [1.807, 2.05) is 17.5 Å². The SMILES string of the molecule is O=C(NCc1cccs1)c1cccc(Cl)n1. The van der Waals surface area contributed by atoms with E-state index in [2.05, 4.69) is 10.3 Å². The summed E-state index contributed by atoms with van der Waals surface area (Å²) in [7, 11) is 0. The van der Waals surface area contributed by atoms with Gasteiger partial charge in [-0.25, -0.2) is 4.98 Å². The lowest BCUT2D eigenvalue weighted by Gasteiger charge is -2.02. The number of amides is 1. The van der Waals surface area contributed by atoms with Gasteiger partial charge in [0.15, 0.2) is 0 Å². The van der Waals surface area contributed by atoms with Gasteiger partial charge in [0.2, 0.25) is 0 Å². The van der Waals surface area contributed by atoms with Crippen molar-refractivity contribution in [1.29, 1.82) is 0 Å². The number of nitrogens with one attached hydrogen (secondary N) is 1. The summed E-state index contributed by atoms with van der Waals surface area (Å²) in [6, 6.07) is 8.89. The molecule has 2 heterocycles. The van der Waals surface area contributed by atoms with Gasteiger partial charge in [0.25, 0.3) is 5.91 Å². The molecule has 3 nitrogen and oxygen atoms in total. The first kappa shape index (κ1) is 11.1. The molecule has 1 amide bonds. The lowest BCUT2D eigenvalue weighted by molar-refractivity contribution is 0.0946. The third kappa shape index (κ3) is 2.81. The third-order valence-electron chi connectivity index (χ3n) is 1.95. The first-order chi connectivity index (χ1) is 7.75. The summed E-state index contributed by atoms with van der Waals surface area (Å²) in [5.41, 5.74) is 0.337. The van der Waals surface area contributed by atoms with Gasteiger partial charge in [0, 0.05) is 4.88 Å². The number of pyridine rings is 1.